The van der Waals surface area contributed by atoms with Crippen molar-refractivity contribution in [2.24, 2.45) is 5.73 Å². The van der Waals surface area contributed by atoms with Crippen molar-refractivity contribution in [1.29, 1.82) is 5.41 Å². The largest absolute Gasteiger partial charge is 0.382 e. The summed E-state index contributed by atoms with van der Waals surface area (Å²) in [7, 11) is 4.22. The molecule has 0 amide bonds. The van der Waals surface area contributed by atoms with E-state index in [1.165, 1.54) is 0 Å². The number of nitrogens with zero attached hydrogens (tertiary/aromatic N) is 3. The van der Waals surface area contributed by atoms with Gasteiger partial charge in [-0.15, -0.1) is 0 Å². The molecule has 3 N–H and O–H groups in total. The minimum Gasteiger partial charge on any atom is -0.382 e. The molecular weight excluding hydrogens is 226 g/mol. The second kappa shape index (κ2) is 5.35. The van der Waals surface area contributed by atoms with Gasteiger partial charge in [-0.2, -0.15) is 0 Å². The third kappa shape index (κ3) is 2.61. The van der Waals surface area contributed by atoms with Crippen molar-refractivity contribution < 1.29 is 0 Å². The molecule has 0 radical (unpaired) electrons. The Morgan fingerprint density at radius 3 is 2.78 bits per heavy atom. The summed E-state index contributed by atoms with van der Waals surface area (Å²) in [5, 5.41) is 7.60. The molecule has 2 heterocycles. The molecule has 1 aromatic rings. The van der Waals surface area contributed by atoms with Gasteiger partial charge in [0, 0.05) is 19.3 Å². The van der Waals surface area contributed by atoms with Gasteiger partial charge in [-0.05, 0) is 45.1 Å². The van der Waals surface area contributed by atoms with Gasteiger partial charge < -0.3 is 15.5 Å². The zero-order chi connectivity index (χ0) is 13.1. The van der Waals surface area contributed by atoms with E-state index in [1.54, 1.807) is 6.20 Å². The van der Waals surface area contributed by atoms with Crippen LogP contribution >= 0.6 is 0 Å². The lowest BCUT2D eigenvalue weighted by Crippen LogP contribution is -2.42. The molecule has 98 valence electrons. The van der Waals surface area contributed by atoms with Gasteiger partial charge in [0.15, 0.2) is 0 Å². The van der Waals surface area contributed by atoms with E-state index in [2.05, 4.69) is 28.9 Å². The molecule has 0 atom stereocenters. The summed E-state index contributed by atoms with van der Waals surface area (Å²) in [6.45, 7) is 2.23. The first-order valence-corrected chi connectivity index (χ1v) is 6.30. The van der Waals surface area contributed by atoms with Gasteiger partial charge in [0.05, 0.1) is 5.69 Å². The van der Waals surface area contributed by atoms with E-state index in [0.29, 0.717) is 11.7 Å². The third-order valence-electron chi connectivity index (χ3n) is 3.66. The van der Waals surface area contributed by atoms with Crippen LogP contribution in [0.3, 0.4) is 0 Å². The molecule has 5 heteroatoms. The molecule has 0 unspecified atom stereocenters. The van der Waals surface area contributed by atoms with Gasteiger partial charge in [0.2, 0.25) is 0 Å². The Morgan fingerprint density at radius 2 is 2.17 bits per heavy atom. The van der Waals surface area contributed by atoms with Crippen LogP contribution in [0.2, 0.25) is 0 Å². The second-order valence-corrected chi connectivity index (χ2v) is 4.93. The maximum Gasteiger partial charge on any atom is 0.143 e. The molecule has 1 aliphatic rings. The van der Waals surface area contributed by atoms with Gasteiger partial charge in [-0.25, -0.2) is 0 Å². The number of pyridine rings is 1. The van der Waals surface area contributed by atoms with Crippen LogP contribution in [-0.4, -0.2) is 48.9 Å². The Hall–Kier alpha value is -1.62. The molecule has 1 saturated heterocycles. The first kappa shape index (κ1) is 12.8. The van der Waals surface area contributed by atoms with Crippen molar-refractivity contribution in [2.45, 2.75) is 18.9 Å². The number of amidine groups is 1. The highest BCUT2D eigenvalue weighted by atomic mass is 15.2. The van der Waals surface area contributed by atoms with Crippen molar-refractivity contribution in [1.82, 2.24) is 9.88 Å². The van der Waals surface area contributed by atoms with Gasteiger partial charge in [-0.1, -0.05) is 0 Å². The molecule has 5 nitrogen and oxygen atoms in total. The number of aromatic nitrogens is 1. The summed E-state index contributed by atoms with van der Waals surface area (Å²) in [6.07, 6.45) is 3.96. The highest BCUT2D eigenvalue weighted by Crippen LogP contribution is 2.23. The molecule has 0 saturated carbocycles. The first-order valence-electron chi connectivity index (χ1n) is 6.30. The van der Waals surface area contributed by atoms with Crippen LogP contribution in [0.4, 0.5) is 5.69 Å². The van der Waals surface area contributed by atoms with Gasteiger partial charge in [0.1, 0.15) is 11.5 Å². The maximum atomic E-state index is 7.60. The summed E-state index contributed by atoms with van der Waals surface area (Å²) in [5.41, 5.74) is 7.13. The predicted molar refractivity (Wildman–Crippen MR) is 74.2 cm³/mol. The molecule has 0 bridgehead atoms. The lowest BCUT2D eigenvalue weighted by atomic mass is 10.0. The number of hydrogen-bond acceptors (Lipinski definition) is 4. The van der Waals surface area contributed by atoms with E-state index in [4.69, 9.17) is 11.1 Å². The molecule has 1 aliphatic heterocycles. The molecule has 0 aliphatic carbocycles. The minimum absolute atomic E-state index is 0.0328. The number of nitrogens with one attached hydrogen (secondary N) is 1. The Bertz CT molecular complexity index is 423. The van der Waals surface area contributed by atoms with E-state index < -0.39 is 0 Å². The van der Waals surface area contributed by atoms with Crippen LogP contribution in [0.5, 0.6) is 0 Å². The maximum absolute atomic E-state index is 7.60. The summed E-state index contributed by atoms with van der Waals surface area (Å²) >= 11 is 0. The molecule has 1 aromatic heterocycles. The summed E-state index contributed by atoms with van der Waals surface area (Å²) < 4.78 is 0. The van der Waals surface area contributed by atoms with Crippen molar-refractivity contribution in [3.05, 3.63) is 24.0 Å². The fourth-order valence-corrected chi connectivity index (χ4v) is 2.47. The van der Waals surface area contributed by atoms with E-state index >= 15 is 0 Å². The summed E-state index contributed by atoms with van der Waals surface area (Å²) in [5.74, 6) is 0.0328. The van der Waals surface area contributed by atoms with Crippen LogP contribution in [0.1, 0.15) is 18.5 Å². The number of nitrogen functional groups attached to an aromatic ring is 1. The Labute approximate surface area is 108 Å². The van der Waals surface area contributed by atoms with Crippen LogP contribution in [0.25, 0.3) is 0 Å². The molecule has 0 aromatic carbocycles. The Kier molecular flexibility index (Phi) is 3.81. The fourth-order valence-electron chi connectivity index (χ4n) is 2.47. The van der Waals surface area contributed by atoms with Gasteiger partial charge in [-0.3, -0.25) is 10.4 Å². The summed E-state index contributed by atoms with van der Waals surface area (Å²) in [6, 6.07) is 4.39. The number of nitrogens with two attached hydrogens (primary N) is 1. The lowest BCUT2D eigenvalue weighted by molar-refractivity contribution is 0.253. The smallest absolute Gasteiger partial charge is 0.143 e. The zero-order valence-electron chi connectivity index (χ0n) is 11.1. The first-order chi connectivity index (χ1) is 8.59. The number of piperidine rings is 1. The monoisotopic (exact) mass is 247 g/mol. The number of likely N-dealkylation sites (tertiary alicyclic amines) is 1. The Balaban J connectivity index is 2.18. The van der Waals surface area contributed by atoms with Crippen molar-refractivity contribution in [3.63, 3.8) is 0 Å². The van der Waals surface area contributed by atoms with E-state index in [1.807, 2.05) is 12.1 Å². The van der Waals surface area contributed by atoms with Crippen LogP contribution < -0.4 is 10.6 Å². The standard InChI is InChI=1S/C13H21N5/c1-17-8-5-10(6-9-17)18(2)11-4-3-7-16-12(11)13(14)15/h3-4,7,10H,5-6,8-9H2,1-2H3,(H3,14,15). The highest BCUT2D eigenvalue weighted by Gasteiger charge is 2.22. The third-order valence-corrected chi connectivity index (χ3v) is 3.66. The molecule has 18 heavy (non-hydrogen) atoms. The molecular formula is C13H21N5. The highest BCUT2D eigenvalue weighted by molar-refractivity contribution is 5.98. The van der Waals surface area contributed by atoms with Crippen LogP contribution in [0, 0.1) is 5.41 Å². The van der Waals surface area contributed by atoms with E-state index in [9.17, 15) is 0 Å². The number of anilines is 1. The quantitative estimate of drug-likeness (QED) is 0.615. The van der Waals surface area contributed by atoms with E-state index in [-0.39, 0.29) is 5.84 Å². The molecule has 0 spiro atoms. The van der Waals surface area contributed by atoms with Crippen molar-refractivity contribution >= 4 is 11.5 Å². The van der Waals surface area contributed by atoms with Gasteiger partial charge >= 0.3 is 0 Å². The average molecular weight is 247 g/mol. The van der Waals surface area contributed by atoms with Crippen LogP contribution in [-0.2, 0) is 0 Å². The van der Waals surface area contributed by atoms with Gasteiger partial charge in [0.25, 0.3) is 0 Å². The number of hydrogen-bond donors (Lipinski definition) is 2. The van der Waals surface area contributed by atoms with E-state index in [0.717, 1.165) is 31.6 Å². The topological polar surface area (TPSA) is 69.2 Å². The van der Waals surface area contributed by atoms with Crippen LogP contribution in [0.15, 0.2) is 18.3 Å². The average Bonchev–Trinajstić information content (AvgIpc) is 2.39. The fraction of sp³-hybridized carbons (Fsp3) is 0.538. The number of rotatable bonds is 3. The minimum atomic E-state index is 0.0328. The predicted octanol–water partition coefficient (Wildman–Crippen LogP) is 0.896. The lowest BCUT2D eigenvalue weighted by Gasteiger charge is -2.36. The Morgan fingerprint density at radius 1 is 1.50 bits per heavy atom. The zero-order valence-corrected chi connectivity index (χ0v) is 11.1. The second-order valence-electron chi connectivity index (χ2n) is 4.93. The normalized spacial score (nSPS) is 17.7. The SMILES string of the molecule is CN1CCC(N(C)c2cccnc2C(=N)N)CC1. The molecule has 1 fully saturated rings. The van der Waals surface area contributed by atoms with Crippen molar-refractivity contribution in [3.8, 4) is 0 Å². The summed E-state index contributed by atoms with van der Waals surface area (Å²) in [4.78, 5) is 8.77. The molecule has 2 rings (SSSR count). The van der Waals surface area contributed by atoms with Crippen molar-refractivity contribution in [2.75, 3.05) is 32.1 Å².